The summed E-state index contributed by atoms with van der Waals surface area (Å²) in [5.74, 6) is 0.483. The molecular weight excluding hydrogens is 204 g/mol. The molecule has 3 N–H and O–H groups in total. The van der Waals surface area contributed by atoms with E-state index >= 15 is 0 Å². The predicted octanol–water partition coefficient (Wildman–Crippen LogP) is 1.76. The zero-order valence-electron chi connectivity index (χ0n) is 9.69. The van der Waals surface area contributed by atoms with Crippen LogP contribution < -0.4 is 15.8 Å². The van der Waals surface area contributed by atoms with Crippen molar-refractivity contribution < 1.29 is 9.53 Å². The van der Waals surface area contributed by atoms with Crippen molar-refractivity contribution in [2.45, 2.75) is 26.3 Å². The number of nitrogens with one attached hydrogen (secondary N) is 1. The minimum atomic E-state index is -0.337. The van der Waals surface area contributed by atoms with Crippen LogP contribution in [0, 0.1) is 0 Å². The fourth-order valence-electron chi connectivity index (χ4n) is 1.39. The molecule has 0 aliphatic rings. The molecule has 0 aliphatic heterocycles. The van der Waals surface area contributed by atoms with Crippen LogP contribution in [-0.2, 0) is 4.79 Å². The second kappa shape index (κ2) is 6.00. The number of nitrogens with two attached hydrogens (primary N) is 1. The van der Waals surface area contributed by atoms with Crippen molar-refractivity contribution in [3.63, 3.8) is 0 Å². The summed E-state index contributed by atoms with van der Waals surface area (Å²) in [7, 11) is 0. The topological polar surface area (TPSA) is 64.3 Å². The number of rotatable bonds is 6. The highest BCUT2D eigenvalue weighted by atomic mass is 16.5. The van der Waals surface area contributed by atoms with E-state index in [1.54, 1.807) is 0 Å². The van der Waals surface area contributed by atoms with Gasteiger partial charge in [-0.05, 0) is 37.6 Å². The van der Waals surface area contributed by atoms with E-state index in [0.717, 1.165) is 11.4 Å². The molecule has 0 heterocycles. The standard InChI is InChI=1S/C12H18N2O2/c1-3-11(12(13)15)14-9-5-7-10(8-6-9)16-4-2/h5-8,11,14H,3-4H2,1-2H3,(H2,13,15). The monoisotopic (exact) mass is 222 g/mol. The van der Waals surface area contributed by atoms with Gasteiger partial charge in [-0.25, -0.2) is 0 Å². The Morgan fingerprint density at radius 1 is 1.38 bits per heavy atom. The van der Waals surface area contributed by atoms with Gasteiger partial charge >= 0.3 is 0 Å². The molecule has 1 rings (SSSR count). The van der Waals surface area contributed by atoms with Crippen molar-refractivity contribution in [1.82, 2.24) is 0 Å². The summed E-state index contributed by atoms with van der Waals surface area (Å²) < 4.78 is 5.32. The normalized spacial score (nSPS) is 11.9. The molecular formula is C12H18N2O2. The molecule has 0 fully saturated rings. The van der Waals surface area contributed by atoms with Crippen LogP contribution in [0.2, 0.25) is 0 Å². The van der Waals surface area contributed by atoms with Crippen molar-refractivity contribution in [2.75, 3.05) is 11.9 Å². The van der Waals surface area contributed by atoms with Gasteiger partial charge in [-0.15, -0.1) is 0 Å². The molecule has 0 spiro atoms. The van der Waals surface area contributed by atoms with E-state index in [9.17, 15) is 4.79 Å². The Labute approximate surface area is 95.8 Å². The fourth-order valence-corrected chi connectivity index (χ4v) is 1.39. The van der Waals surface area contributed by atoms with E-state index < -0.39 is 0 Å². The van der Waals surface area contributed by atoms with Crippen LogP contribution in [0.25, 0.3) is 0 Å². The summed E-state index contributed by atoms with van der Waals surface area (Å²) in [6.07, 6.45) is 0.669. The number of carbonyl (C=O) groups excluding carboxylic acids is 1. The number of hydrogen-bond acceptors (Lipinski definition) is 3. The largest absolute Gasteiger partial charge is 0.494 e. The van der Waals surface area contributed by atoms with Gasteiger partial charge in [-0.2, -0.15) is 0 Å². The minimum Gasteiger partial charge on any atom is -0.494 e. The second-order valence-electron chi connectivity index (χ2n) is 3.46. The smallest absolute Gasteiger partial charge is 0.239 e. The average Bonchev–Trinajstić information content (AvgIpc) is 2.28. The van der Waals surface area contributed by atoms with Gasteiger partial charge in [0.15, 0.2) is 0 Å². The van der Waals surface area contributed by atoms with E-state index in [2.05, 4.69) is 5.32 Å². The summed E-state index contributed by atoms with van der Waals surface area (Å²) in [6.45, 7) is 4.50. The van der Waals surface area contributed by atoms with Gasteiger partial charge in [0.2, 0.25) is 5.91 Å². The van der Waals surface area contributed by atoms with Crippen molar-refractivity contribution in [1.29, 1.82) is 0 Å². The highest BCUT2D eigenvalue weighted by Gasteiger charge is 2.11. The van der Waals surface area contributed by atoms with E-state index in [-0.39, 0.29) is 11.9 Å². The number of ether oxygens (including phenoxy) is 1. The molecule has 0 radical (unpaired) electrons. The van der Waals surface area contributed by atoms with E-state index in [0.29, 0.717) is 13.0 Å². The number of carbonyl (C=O) groups is 1. The molecule has 0 bridgehead atoms. The first-order valence-electron chi connectivity index (χ1n) is 5.46. The molecule has 4 heteroatoms. The predicted molar refractivity (Wildman–Crippen MR) is 64.5 cm³/mol. The van der Waals surface area contributed by atoms with Gasteiger partial charge in [-0.3, -0.25) is 4.79 Å². The van der Waals surface area contributed by atoms with Crippen molar-refractivity contribution in [3.8, 4) is 5.75 Å². The maximum absolute atomic E-state index is 11.0. The van der Waals surface area contributed by atoms with Gasteiger partial charge in [0.05, 0.1) is 6.61 Å². The second-order valence-corrected chi connectivity index (χ2v) is 3.46. The highest BCUT2D eigenvalue weighted by molar-refractivity contribution is 5.82. The molecule has 88 valence electrons. The van der Waals surface area contributed by atoms with Crippen molar-refractivity contribution in [2.24, 2.45) is 5.73 Å². The third kappa shape index (κ3) is 3.46. The summed E-state index contributed by atoms with van der Waals surface area (Å²) in [5.41, 5.74) is 6.12. The van der Waals surface area contributed by atoms with Crippen LogP contribution in [-0.4, -0.2) is 18.6 Å². The molecule has 1 amide bonds. The number of primary amides is 1. The first-order chi connectivity index (χ1) is 7.67. The summed E-state index contributed by atoms with van der Waals surface area (Å²) in [4.78, 5) is 11.0. The first kappa shape index (κ1) is 12.4. The molecule has 1 aromatic rings. The molecule has 4 nitrogen and oxygen atoms in total. The lowest BCUT2D eigenvalue weighted by atomic mass is 10.2. The lowest BCUT2D eigenvalue weighted by Gasteiger charge is -2.14. The Hall–Kier alpha value is -1.71. The molecule has 1 unspecified atom stereocenters. The Morgan fingerprint density at radius 3 is 2.44 bits per heavy atom. The lowest BCUT2D eigenvalue weighted by molar-refractivity contribution is -0.118. The summed E-state index contributed by atoms with van der Waals surface area (Å²) in [5, 5.41) is 3.07. The third-order valence-corrected chi connectivity index (χ3v) is 2.26. The van der Waals surface area contributed by atoms with Crippen molar-refractivity contribution in [3.05, 3.63) is 24.3 Å². The third-order valence-electron chi connectivity index (χ3n) is 2.26. The Kier molecular flexibility index (Phi) is 4.64. The zero-order chi connectivity index (χ0) is 12.0. The number of benzene rings is 1. The quantitative estimate of drug-likeness (QED) is 0.770. The van der Waals surface area contributed by atoms with Crippen LogP contribution in [0.15, 0.2) is 24.3 Å². The molecule has 0 saturated heterocycles. The number of hydrogen-bond donors (Lipinski definition) is 2. The Morgan fingerprint density at radius 2 is 2.00 bits per heavy atom. The van der Waals surface area contributed by atoms with Crippen molar-refractivity contribution >= 4 is 11.6 Å². The summed E-state index contributed by atoms with van der Waals surface area (Å²) in [6, 6.07) is 7.14. The molecule has 1 atom stereocenters. The zero-order valence-corrected chi connectivity index (χ0v) is 9.69. The van der Waals surface area contributed by atoms with Gasteiger partial charge in [0, 0.05) is 5.69 Å². The van der Waals surface area contributed by atoms with Crippen LogP contribution >= 0.6 is 0 Å². The highest BCUT2D eigenvalue weighted by Crippen LogP contribution is 2.16. The Balaban J connectivity index is 2.63. The molecule has 0 aliphatic carbocycles. The van der Waals surface area contributed by atoms with Crippen LogP contribution in [0.4, 0.5) is 5.69 Å². The fraction of sp³-hybridized carbons (Fsp3) is 0.417. The minimum absolute atomic E-state index is 0.321. The van der Waals surface area contributed by atoms with E-state index in [1.165, 1.54) is 0 Å². The molecule has 0 saturated carbocycles. The Bertz CT molecular complexity index is 335. The molecule has 16 heavy (non-hydrogen) atoms. The lowest BCUT2D eigenvalue weighted by Crippen LogP contribution is -2.34. The van der Waals surface area contributed by atoms with E-state index in [4.69, 9.17) is 10.5 Å². The van der Waals surface area contributed by atoms with Crippen LogP contribution in [0.5, 0.6) is 5.75 Å². The SMILES string of the molecule is CCOc1ccc(NC(CC)C(N)=O)cc1. The van der Waals surface area contributed by atoms with Crippen LogP contribution in [0.1, 0.15) is 20.3 Å². The van der Waals surface area contributed by atoms with Gasteiger partial charge < -0.3 is 15.8 Å². The van der Waals surface area contributed by atoms with Gasteiger partial charge in [-0.1, -0.05) is 6.92 Å². The van der Waals surface area contributed by atoms with Gasteiger partial charge in [0.25, 0.3) is 0 Å². The average molecular weight is 222 g/mol. The van der Waals surface area contributed by atoms with Crippen LogP contribution in [0.3, 0.4) is 0 Å². The van der Waals surface area contributed by atoms with Gasteiger partial charge in [0.1, 0.15) is 11.8 Å². The number of anilines is 1. The first-order valence-corrected chi connectivity index (χ1v) is 5.46. The molecule has 0 aromatic heterocycles. The number of amides is 1. The summed E-state index contributed by atoms with van der Waals surface area (Å²) >= 11 is 0. The molecule has 1 aromatic carbocycles. The maximum atomic E-state index is 11.0. The van der Waals surface area contributed by atoms with E-state index in [1.807, 2.05) is 38.1 Å². The maximum Gasteiger partial charge on any atom is 0.239 e.